The van der Waals surface area contributed by atoms with E-state index in [0.717, 1.165) is 29.8 Å². The summed E-state index contributed by atoms with van der Waals surface area (Å²) < 4.78 is 7.50. The van der Waals surface area contributed by atoms with Gasteiger partial charge in [0.05, 0.1) is 11.9 Å². The van der Waals surface area contributed by atoms with Crippen molar-refractivity contribution in [1.82, 2.24) is 10.3 Å². The van der Waals surface area contributed by atoms with Crippen molar-refractivity contribution in [2.45, 2.75) is 43.9 Å². The van der Waals surface area contributed by atoms with Crippen LogP contribution in [0.2, 0.25) is 0 Å². The summed E-state index contributed by atoms with van der Waals surface area (Å²) in [5.74, 6) is 0.890. The van der Waals surface area contributed by atoms with Crippen LogP contribution in [-0.2, 0) is 0 Å². The van der Waals surface area contributed by atoms with Crippen LogP contribution in [0.5, 0.6) is 5.75 Å². The van der Waals surface area contributed by atoms with Crippen LogP contribution in [0.1, 0.15) is 25.7 Å². The molecule has 0 radical (unpaired) electrons. The monoisotopic (exact) mass is 336 g/mol. The summed E-state index contributed by atoms with van der Waals surface area (Å²) in [6.07, 6.45) is 7.04. The number of benzene rings is 1. The maximum atomic E-state index is 6.18. The van der Waals surface area contributed by atoms with Gasteiger partial charge in [-0.05, 0) is 66.8 Å². The summed E-state index contributed by atoms with van der Waals surface area (Å²) in [5.41, 5.74) is 2.16. The highest BCUT2D eigenvalue weighted by Crippen LogP contribution is 2.31. The molecule has 0 saturated carbocycles. The van der Waals surface area contributed by atoms with Gasteiger partial charge < -0.3 is 10.1 Å². The van der Waals surface area contributed by atoms with Gasteiger partial charge in [-0.1, -0.05) is 6.07 Å². The molecule has 2 aliphatic rings. The highest BCUT2D eigenvalue weighted by atomic mass is 32.1. The predicted octanol–water partition coefficient (Wildman–Crippen LogP) is 4.63. The molecule has 2 atom stereocenters. The molecule has 2 fully saturated rings. The van der Waals surface area contributed by atoms with Gasteiger partial charge in [0.1, 0.15) is 11.9 Å². The topological polar surface area (TPSA) is 34.1 Å². The third kappa shape index (κ3) is 2.70. The molecule has 2 bridgehead atoms. The Morgan fingerprint density at radius 2 is 1.92 bits per heavy atom. The minimum atomic E-state index is 0.332. The maximum absolute atomic E-state index is 6.18. The Kier molecular flexibility index (Phi) is 3.53. The molecule has 2 saturated heterocycles. The molecule has 1 N–H and O–H groups in total. The molecular weight excluding hydrogens is 316 g/mol. The van der Waals surface area contributed by atoms with E-state index in [1.54, 1.807) is 11.3 Å². The average molecular weight is 336 g/mol. The van der Waals surface area contributed by atoms with Crippen LogP contribution in [0.4, 0.5) is 0 Å². The zero-order chi connectivity index (χ0) is 15.9. The van der Waals surface area contributed by atoms with Crippen LogP contribution >= 0.6 is 11.3 Å². The maximum Gasteiger partial charge on any atom is 0.138 e. The van der Waals surface area contributed by atoms with Gasteiger partial charge in [0.15, 0.2) is 0 Å². The minimum absolute atomic E-state index is 0.332. The Morgan fingerprint density at radius 3 is 2.71 bits per heavy atom. The number of hydrogen-bond donors (Lipinski definition) is 1. The van der Waals surface area contributed by atoms with Gasteiger partial charge in [-0.25, -0.2) is 0 Å². The Morgan fingerprint density at radius 1 is 1.04 bits per heavy atom. The van der Waals surface area contributed by atoms with Crippen molar-refractivity contribution in [2.24, 2.45) is 0 Å². The lowest BCUT2D eigenvalue weighted by atomic mass is 10.0. The van der Waals surface area contributed by atoms with E-state index in [1.165, 1.54) is 22.9 Å². The first-order valence-corrected chi connectivity index (χ1v) is 9.58. The second kappa shape index (κ2) is 5.87. The summed E-state index contributed by atoms with van der Waals surface area (Å²) in [4.78, 5) is 4.62. The van der Waals surface area contributed by atoms with Crippen molar-refractivity contribution < 1.29 is 4.74 Å². The van der Waals surface area contributed by atoms with Crippen molar-refractivity contribution in [3.05, 3.63) is 48.0 Å². The van der Waals surface area contributed by atoms with E-state index < -0.39 is 0 Å². The van der Waals surface area contributed by atoms with Gasteiger partial charge in [0, 0.05) is 22.3 Å². The number of pyridine rings is 1. The molecule has 4 heterocycles. The molecule has 24 heavy (non-hydrogen) atoms. The van der Waals surface area contributed by atoms with Gasteiger partial charge >= 0.3 is 0 Å². The summed E-state index contributed by atoms with van der Waals surface area (Å²) in [7, 11) is 0. The van der Waals surface area contributed by atoms with E-state index in [4.69, 9.17) is 4.74 Å². The highest BCUT2D eigenvalue weighted by Gasteiger charge is 2.34. The van der Waals surface area contributed by atoms with E-state index in [2.05, 4.69) is 52.1 Å². The number of nitrogens with zero attached hydrogens (tertiary/aromatic N) is 1. The van der Waals surface area contributed by atoms with Crippen molar-refractivity contribution >= 4 is 21.4 Å². The molecule has 1 aromatic carbocycles. The number of ether oxygens (including phenoxy) is 1. The Labute approximate surface area is 145 Å². The zero-order valence-electron chi connectivity index (χ0n) is 13.4. The van der Waals surface area contributed by atoms with Gasteiger partial charge in [0.2, 0.25) is 0 Å². The van der Waals surface area contributed by atoms with E-state index >= 15 is 0 Å². The van der Waals surface area contributed by atoms with E-state index in [0.29, 0.717) is 18.2 Å². The zero-order valence-corrected chi connectivity index (χ0v) is 14.3. The number of fused-ring (bicyclic) bond motifs is 3. The molecule has 0 aliphatic carbocycles. The van der Waals surface area contributed by atoms with Crippen LogP contribution in [0.25, 0.3) is 21.3 Å². The summed E-state index contributed by atoms with van der Waals surface area (Å²) in [6, 6.07) is 14.1. The van der Waals surface area contributed by atoms with Gasteiger partial charge in [-0.15, -0.1) is 11.3 Å². The van der Waals surface area contributed by atoms with Crippen molar-refractivity contribution in [3.63, 3.8) is 0 Å². The highest BCUT2D eigenvalue weighted by molar-refractivity contribution is 7.17. The molecule has 122 valence electrons. The third-order valence-electron chi connectivity index (χ3n) is 5.22. The van der Waals surface area contributed by atoms with Crippen LogP contribution in [0.3, 0.4) is 0 Å². The molecule has 2 aliphatic heterocycles. The number of rotatable bonds is 3. The van der Waals surface area contributed by atoms with E-state index in [1.807, 2.05) is 6.20 Å². The lowest BCUT2D eigenvalue weighted by Crippen LogP contribution is -2.42. The number of piperidine rings is 1. The molecule has 4 heteroatoms. The van der Waals surface area contributed by atoms with Crippen LogP contribution in [0.15, 0.2) is 48.0 Å². The molecule has 3 nitrogen and oxygen atoms in total. The number of hydrogen-bond acceptors (Lipinski definition) is 4. The van der Waals surface area contributed by atoms with Crippen molar-refractivity contribution in [3.8, 4) is 17.0 Å². The van der Waals surface area contributed by atoms with Gasteiger partial charge in [-0.2, -0.15) is 0 Å². The number of nitrogens with one attached hydrogen (secondary N) is 1. The fraction of sp³-hybridized carbons (Fsp3) is 0.350. The average Bonchev–Trinajstić information content (AvgIpc) is 3.21. The smallest absolute Gasteiger partial charge is 0.138 e. The quantitative estimate of drug-likeness (QED) is 0.757. The first kappa shape index (κ1) is 14.4. The molecule has 3 aromatic rings. The number of thiophene rings is 1. The Bertz CT molecular complexity index is 845. The van der Waals surface area contributed by atoms with E-state index in [9.17, 15) is 0 Å². The summed E-state index contributed by atoms with van der Waals surface area (Å²) in [5, 5.41) is 7.07. The summed E-state index contributed by atoms with van der Waals surface area (Å²) in [6.45, 7) is 0. The van der Waals surface area contributed by atoms with Gasteiger partial charge in [-0.3, -0.25) is 4.98 Å². The normalized spacial score (nSPS) is 25.9. The SMILES string of the molecule is c1cc2cc(-c3ccc(OC4CC5CCC(C4)N5)cn3)ccc2s1. The predicted molar refractivity (Wildman–Crippen MR) is 98.7 cm³/mol. The molecule has 2 aromatic heterocycles. The second-order valence-corrected chi connectivity index (χ2v) is 7.85. The standard InChI is InChI=1S/C20H20N2OS/c1-6-20-14(7-8-24-20)9-13(1)19-5-4-17(12-21-19)23-18-10-15-2-3-16(11-18)22-15/h1,4-9,12,15-16,18,22H,2-3,10-11H2. The molecule has 0 spiro atoms. The fourth-order valence-corrected chi connectivity index (χ4v) is 4.81. The lowest BCUT2D eigenvalue weighted by Gasteiger charge is -2.29. The molecule has 5 rings (SSSR count). The Hall–Kier alpha value is -1.91. The number of aromatic nitrogens is 1. The lowest BCUT2D eigenvalue weighted by molar-refractivity contribution is 0.137. The van der Waals surface area contributed by atoms with Crippen LogP contribution in [0, 0.1) is 0 Å². The first-order valence-electron chi connectivity index (χ1n) is 8.70. The van der Waals surface area contributed by atoms with Crippen LogP contribution < -0.4 is 10.1 Å². The third-order valence-corrected chi connectivity index (χ3v) is 6.11. The van der Waals surface area contributed by atoms with Crippen molar-refractivity contribution in [2.75, 3.05) is 0 Å². The Balaban J connectivity index is 1.33. The van der Waals surface area contributed by atoms with Crippen LogP contribution in [-0.4, -0.2) is 23.2 Å². The van der Waals surface area contributed by atoms with E-state index in [-0.39, 0.29) is 0 Å². The summed E-state index contributed by atoms with van der Waals surface area (Å²) >= 11 is 1.77. The molecule has 0 amide bonds. The second-order valence-electron chi connectivity index (χ2n) is 6.90. The van der Waals surface area contributed by atoms with Gasteiger partial charge in [0.25, 0.3) is 0 Å². The fourth-order valence-electron chi connectivity index (χ4n) is 4.04. The molecular formula is C20H20N2OS. The minimum Gasteiger partial charge on any atom is -0.489 e. The molecule has 2 unspecified atom stereocenters. The largest absolute Gasteiger partial charge is 0.489 e. The first-order chi connectivity index (χ1) is 11.8. The van der Waals surface area contributed by atoms with Crippen molar-refractivity contribution in [1.29, 1.82) is 0 Å².